The fourth-order valence-electron chi connectivity index (χ4n) is 1.83. The molecule has 0 spiro atoms. The number of alkyl halides is 1. The largest absolute Gasteiger partial charge is 0.489 e. The molecule has 0 heterocycles. The van der Waals surface area contributed by atoms with Gasteiger partial charge in [0.25, 0.3) is 5.69 Å². The topological polar surface area (TPSA) is 52.4 Å². The zero-order valence-corrected chi connectivity index (χ0v) is 11.8. The van der Waals surface area contributed by atoms with E-state index in [9.17, 15) is 10.1 Å². The van der Waals surface area contributed by atoms with E-state index in [2.05, 4.69) is 0 Å². The standard InChI is InChI=1S/C15H14ClNO3/c1-11-2-7-15(13(8-11)9-16)20-10-12-3-5-14(6-4-12)17(18)19/h2-8H,9-10H2,1H3. The molecule has 0 radical (unpaired) electrons. The molecule has 5 heteroatoms. The molecule has 0 aliphatic carbocycles. The zero-order valence-electron chi connectivity index (χ0n) is 11.0. The average Bonchev–Trinajstić information content (AvgIpc) is 2.46. The van der Waals surface area contributed by atoms with E-state index >= 15 is 0 Å². The van der Waals surface area contributed by atoms with Gasteiger partial charge in [-0.25, -0.2) is 0 Å². The van der Waals surface area contributed by atoms with E-state index in [0.29, 0.717) is 12.5 Å². The summed E-state index contributed by atoms with van der Waals surface area (Å²) in [5.41, 5.74) is 3.01. The minimum Gasteiger partial charge on any atom is -0.489 e. The van der Waals surface area contributed by atoms with Crippen LogP contribution in [-0.4, -0.2) is 4.92 Å². The van der Waals surface area contributed by atoms with E-state index in [1.807, 2.05) is 25.1 Å². The number of hydrogen-bond donors (Lipinski definition) is 0. The molecule has 0 fully saturated rings. The molecule has 4 nitrogen and oxygen atoms in total. The third-order valence-electron chi connectivity index (χ3n) is 2.90. The highest BCUT2D eigenvalue weighted by molar-refractivity contribution is 6.17. The number of nitro benzene ring substituents is 1. The molecular weight excluding hydrogens is 278 g/mol. The van der Waals surface area contributed by atoms with Crippen molar-refractivity contribution in [3.63, 3.8) is 0 Å². The third kappa shape index (κ3) is 3.48. The first-order valence-electron chi connectivity index (χ1n) is 6.12. The van der Waals surface area contributed by atoms with Crippen LogP contribution in [0.3, 0.4) is 0 Å². The number of benzene rings is 2. The maximum Gasteiger partial charge on any atom is 0.269 e. The van der Waals surface area contributed by atoms with E-state index in [4.69, 9.17) is 16.3 Å². The monoisotopic (exact) mass is 291 g/mol. The summed E-state index contributed by atoms with van der Waals surface area (Å²) in [6.07, 6.45) is 0. The first-order valence-corrected chi connectivity index (χ1v) is 6.65. The van der Waals surface area contributed by atoms with Crippen LogP contribution < -0.4 is 4.74 Å². The Hall–Kier alpha value is -2.07. The van der Waals surface area contributed by atoms with Crippen LogP contribution in [0.15, 0.2) is 42.5 Å². The predicted octanol–water partition coefficient (Wildman–Crippen LogP) is 4.22. The Morgan fingerprint density at radius 2 is 1.90 bits per heavy atom. The zero-order chi connectivity index (χ0) is 14.5. The molecular formula is C15H14ClNO3. The van der Waals surface area contributed by atoms with Crippen LogP contribution in [0.5, 0.6) is 5.75 Å². The summed E-state index contributed by atoms with van der Waals surface area (Å²) in [6, 6.07) is 12.1. The van der Waals surface area contributed by atoms with Gasteiger partial charge in [0.15, 0.2) is 0 Å². The van der Waals surface area contributed by atoms with Crippen LogP contribution >= 0.6 is 11.6 Å². The molecule has 0 saturated heterocycles. The van der Waals surface area contributed by atoms with Gasteiger partial charge in [-0.2, -0.15) is 0 Å². The van der Waals surface area contributed by atoms with Crippen molar-refractivity contribution in [2.45, 2.75) is 19.4 Å². The highest BCUT2D eigenvalue weighted by Gasteiger charge is 2.06. The van der Waals surface area contributed by atoms with Gasteiger partial charge >= 0.3 is 0 Å². The van der Waals surface area contributed by atoms with Crippen molar-refractivity contribution in [2.75, 3.05) is 0 Å². The molecule has 0 unspecified atom stereocenters. The molecule has 2 aromatic carbocycles. The number of non-ortho nitro benzene ring substituents is 1. The molecule has 0 bridgehead atoms. The number of ether oxygens (including phenoxy) is 1. The van der Waals surface area contributed by atoms with Crippen molar-refractivity contribution < 1.29 is 9.66 Å². The molecule has 104 valence electrons. The van der Waals surface area contributed by atoms with Crippen molar-refractivity contribution >= 4 is 17.3 Å². The second-order valence-corrected chi connectivity index (χ2v) is 4.72. The number of aryl methyl sites for hydroxylation is 1. The number of nitro groups is 1. The number of rotatable bonds is 5. The van der Waals surface area contributed by atoms with Gasteiger partial charge < -0.3 is 4.74 Å². The van der Waals surface area contributed by atoms with Gasteiger partial charge in [-0.05, 0) is 30.7 Å². The van der Waals surface area contributed by atoms with Crippen LogP contribution in [0.2, 0.25) is 0 Å². The van der Waals surface area contributed by atoms with Crippen LogP contribution in [0.1, 0.15) is 16.7 Å². The maximum absolute atomic E-state index is 10.6. The first-order chi connectivity index (χ1) is 9.60. The number of hydrogen-bond acceptors (Lipinski definition) is 3. The molecule has 0 saturated carbocycles. The average molecular weight is 292 g/mol. The summed E-state index contributed by atoms with van der Waals surface area (Å²) in [6.45, 7) is 2.35. The molecule has 0 amide bonds. The summed E-state index contributed by atoms with van der Waals surface area (Å²) in [5.74, 6) is 1.13. The fourth-order valence-corrected chi connectivity index (χ4v) is 2.04. The molecule has 0 aliphatic rings. The van der Waals surface area contributed by atoms with Gasteiger partial charge in [0, 0.05) is 17.7 Å². The molecule has 0 atom stereocenters. The molecule has 0 aromatic heterocycles. The lowest BCUT2D eigenvalue weighted by atomic mass is 10.1. The summed E-state index contributed by atoms with van der Waals surface area (Å²) >= 11 is 5.89. The quantitative estimate of drug-likeness (QED) is 0.471. The van der Waals surface area contributed by atoms with E-state index in [1.165, 1.54) is 12.1 Å². The lowest BCUT2D eigenvalue weighted by Gasteiger charge is -2.10. The summed E-state index contributed by atoms with van der Waals surface area (Å²) in [5, 5.41) is 10.6. The van der Waals surface area contributed by atoms with Crippen LogP contribution in [-0.2, 0) is 12.5 Å². The van der Waals surface area contributed by atoms with E-state index < -0.39 is 4.92 Å². The van der Waals surface area contributed by atoms with Crippen molar-refractivity contribution in [3.05, 3.63) is 69.3 Å². The van der Waals surface area contributed by atoms with Crippen LogP contribution in [0, 0.1) is 17.0 Å². The Labute approximate surface area is 122 Å². The Morgan fingerprint density at radius 1 is 1.20 bits per heavy atom. The van der Waals surface area contributed by atoms with Gasteiger partial charge in [0.05, 0.1) is 10.8 Å². The summed E-state index contributed by atoms with van der Waals surface area (Å²) in [4.78, 5) is 10.1. The lowest BCUT2D eigenvalue weighted by molar-refractivity contribution is -0.384. The van der Waals surface area contributed by atoms with Gasteiger partial charge in [-0.1, -0.05) is 17.7 Å². The molecule has 0 N–H and O–H groups in total. The van der Waals surface area contributed by atoms with Crippen molar-refractivity contribution in [3.8, 4) is 5.75 Å². The highest BCUT2D eigenvalue weighted by Crippen LogP contribution is 2.23. The Morgan fingerprint density at radius 3 is 2.50 bits per heavy atom. The minimum absolute atomic E-state index is 0.0746. The lowest BCUT2D eigenvalue weighted by Crippen LogP contribution is -1.98. The second kappa shape index (κ2) is 6.39. The van der Waals surface area contributed by atoms with Gasteiger partial charge in [0.2, 0.25) is 0 Å². The van der Waals surface area contributed by atoms with E-state index in [1.54, 1.807) is 12.1 Å². The van der Waals surface area contributed by atoms with Crippen molar-refractivity contribution in [2.24, 2.45) is 0 Å². The minimum atomic E-state index is -0.420. The van der Waals surface area contributed by atoms with Crippen LogP contribution in [0.4, 0.5) is 5.69 Å². The highest BCUT2D eigenvalue weighted by atomic mass is 35.5. The summed E-state index contributed by atoms with van der Waals surface area (Å²) in [7, 11) is 0. The SMILES string of the molecule is Cc1ccc(OCc2ccc([N+](=O)[O-])cc2)c(CCl)c1. The third-order valence-corrected chi connectivity index (χ3v) is 3.19. The smallest absolute Gasteiger partial charge is 0.269 e. The van der Waals surface area contributed by atoms with E-state index in [-0.39, 0.29) is 5.69 Å². The first kappa shape index (κ1) is 14.3. The molecule has 0 aliphatic heterocycles. The van der Waals surface area contributed by atoms with Crippen LogP contribution in [0.25, 0.3) is 0 Å². The Bertz CT molecular complexity index is 611. The molecule has 20 heavy (non-hydrogen) atoms. The van der Waals surface area contributed by atoms with Gasteiger partial charge in [-0.15, -0.1) is 11.6 Å². The second-order valence-electron chi connectivity index (χ2n) is 4.46. The number of nitrogens with zero attached hydrogens (tertiary/aromatic N) is 1. The number of halogens is 1. The van der Waals surface area contributed by atoms with Crippen molar-refractivity contribution in [1.29, 1.82) is 0 Å². The molecule has 2 aromatic rings. The Balaban J connectivity index is 2.06. The van der Waals surface area contributed by atoms with E-state index in [0.717, 1.165) is 22.4 Å². The summed E-state index contributed by atoms with van der Waals surface area (Å²) < 4.78 is 5.72. The fraction of sp³-hybridized carbons (Fsp3) is 0.200. The van der Waals surface area contributed by atoms with Gasteiger partial charge in [0.1, 0.15) is 12.4 Å². The van der Waals surface area contributed by atoms with Gasteiger partial charge in [-0.3, -0.25) is 10.1 Å². The van der Waals surface area contributed by atoms with Crippen molar-refractivity contribution in [1.82, 2.24) is 0 Å². The maximum atomic E-state index is 10.6. The predicted molar refractivity (Wildman–Crippen MR) is 78.2 cm³/mol. The normalized spacial score (nSPS) is 10.3. The molecule has 2 rings (SSSR count). The Kier molecular flexibility index (Phi) is 4.58.